The first-order valence-electron chi connectivity index (χ1n) is 29.0. The summed E-state index contributed by atoms with van der Waals surface area (Å²) in [5.74, 6) is 9.75. The summed E-state index contributed by atoms with van der Waals surface area (Å²) >= 11 is 0. The number of esters is 2. The molecule has 9 rings (SSSR count). The van der Waals surface area contributed by atoms with E-state index in [4.69, 9.17) is 9.47 Å². The Morgan fingerprint density at radius 2 is 0.909 bits per heavy atom. The molecule has 0 radical (unpaired) electrons. The van der Waals surface area contributed by atoms with Gasteiger partial charge in [0.25, 0.3) is 0 Å². The molecule has 1 aromatic carbocycles. The van der Waals surface area contributed by atoms with Crippen LogP contribution >= 0.6 is 0 Å². The minimum Gasteiger partial charge on any atom is -0.458 e. The smallest absolute Gasteiger partial charge is 0.339 e. The molecular weight excluding hydrogens is 809 g/mol. The van der Waals surface area contributed by atoms with E-state index in [-0.39, 0.29) is 35.0 Å². The molecule has 4 heteroatoms. The molecule has 0 saturated heterocycles. The molecule has 0 aromatic heterocycles. The lowest BCUT2D eigenvalue weighted by molar-refractivity contribution is -0.166. The van der Waals surface area contributed by atoms with Gasteiger partial charge in [-0.25, -0.2) is 9.59 Å². The van der Waals surface area contributed by atoms with Crippen molar-refractivity contribution < 1.29 is 19.1 Å². The predicted molar refractivity (Wildman–Crippen MR) is 271 cm³/mol. The molecule has 8 aliphatic rings. The SMILES string of the molecule is CC(C)CCC[C@H](C)[C@@H]1CC[C@H]2[C@H]3CC[C@H]4CCCC(OC(=O)c5ccccc5C(=O)OC5CCC[C@@H]6CC[C@@H]7[C@@H]8CC[C@@H]([C@@H](C)CCCC(C)C)[C@@]8(C)CC[C@@H]7[C@@]56C)[C@]4(C)[C@H]3CC[C@@]21C. The third-order valence-corrected chi connectivity index (χ3v) is 23.6. The molecule has 2 unspecified atom stereocenters. The van der Waals surface area contributed by atoms with E-state index in [1.807, 2.05) is 24.3 Å². The molecule has 0 heterocycles. The van der Waals surface area contributed by atoms with Gasteiger partial charge in [-0.15, -0.1) is 0 Å². The Kier molecular flexibility index (Phi) is 14.4. The van der Waals surface area contributed by atoms with E-state index >= 15 is 0 Å². The summed E-state index contributed by atoms with van der Waals surface area (Å²) in [7, 11) is 0. The number of fused-ring (bicyclic) bond motifs is 10. The number of carbonyl (C=O) groups excluding carboxylic acids is 2. The molecule has 8 fully saturated rings. The predicted octanol–water partition coefficient (Wildman–Crippen LogP) is 17.0. The lowest BCUT2D eigenvalue weighted by Gasteiger charge is -2.62. The van der Waals surface area contributed by atoms with Crippen molar-refractivity contribution in [1.82, 2.24) is 0 Å². The Bertz CT molecular complexity index is 1720. The number of hydrogen-bond acceptors (Lipinski definition) is 4. The summed E-state index contributed by atoms with van der Waals surface area (Å²) in [4.78, 5) is 29.5. The largest absolute Gasteiger partial charge is 0.458 e. The number of ether oxygens (including phenoxy) is 2. The van der Waals surface area contributed by atoms with E-state index in [1.54, 1.807) is 0 Å². The second-order valence-corrected chi connectivity index (χ2v) is 27.3. The molecule has 8 saturated carbocycles. The lowest BCUT2D eigenvalue weighted by atomic mass is 9.44. The van der Waals surface area contributed by atoms with Crippen LogP contribution in [0.15, 0.2) is 24.3 Å². The zero-order chi connectivity index (χ0) is 46.8. The van der Waals surface area contributed by atoms with E-state index in [1.165, 1.54) is 128 Å². The minimum absolute atomic E-state index is 0.0149. The van der Waals surface area contributed by atoms with Crippen LogP contribution in [0.1, 0.15) is 244 Å². The number of carbonyl (C=O) groups is 2. The fourth-order valence-corrected chi connectivity index (χ4v) is 20.2. The molecule has 18 atom stereocenters. The molecule has 1 aromatic rings. The van der Waals surface area contributed by atoms with Gasteiger partial charge in [-0.05, 0) is 221 Å². The molecule has 0 amide bonds. The van der Waals surface area contributed by atoms with Gasteiger partial charge in [-0.1, -0.05) is 120 Å². The van der Waals surface area contributed by atoms with Crippen LogP contribution in [0.4, 0.5) is 0 Å². The molecule has 66 heavy (non-hydrogen) atoms. The van der Waals surface area contributed by atoms with Crippen LogP contribution in [0.5, 0.6) is 0 Å². The second-order valence-electron chi connectivity index (χ2n) is 27.3. The van der Waals surface area contributed by atoms with Gasteiger partial charge in [-0.2, -0.15) is 0 Å². The van der Waals surface area contributed by atoms with Crippen LogP contribution in [-0.4, -0.2) is 24.1 Å². The van der Waals surface area contributed by atoms with Gasteiger partial charge in [0.1, 0.15) is 12.2 Å². The fourth-order valence-electron chi connectivity index (χ4n) is 20.2. The average molecular weight is 907 g/mol. The van der Waals surface area contributed by atoms with Crippen LogP contribution in [0.25, 0.3) is 0 Å². The van der Waals surface area contributed by atoms with Gasteiger partial charge in [0.15, 0.2) is 0 Å². The van der Waals surface area contributed by atoms with E-state index in [9.17, 15) is 9.59 Å². The van der Waals surface area contributed by atoms with E-state index < -0.39 is 0 Å². The van der Waals surface area contributed by atoms with Crippen LogP contribution in [0.2, 0.25) is 0 Å². The van der Waals surface area contributed by atoms with Crippen molar-refractivity contribution in [3.8, 4) is 0 Å². The first-order chi connectivity index (χ1) is 31.5. The molecule has 0 aliphatic heterocycles. The van der Waals surface area contributed by atoms with Gasteiger partial charge in [0.05, 0.1) is 11.1 Å². The summed E-state index contributed by atoms with van der Waals surface area (Å²) in [5, 5.41) is 0. The Morgan fingerprint density at radius 1 is 0.500 bits per heavy atom. The summed E-state index contributed by atoms with van der Waals surface area (Å²) in [5.41, 5.74) is 1.68. The van der Waals surface area contributed by atoms with Gasteiger partial charge in [-0.3, -0.25) is 0 Å². The summed E-state index contributed by atoms with van der Waals surface area (Å²) in [6.07, 6.45) is 30.7. The van der Waals surface area contributed by atoms with Crippen molar-refractivity contribution in [3.63, 3.8) is 0 Å². The molecule has 8 aliphatic carbocycles. The number of hydrogen-bond donors (Lipinski definition) is 0. The number of benzene rings is 1. The Balaban J connectivity index is 0.886. The molecule has 0 spiro atoms. The van der Waals surface area contributed by atoms with Crippen molar-refractivity contribution in [1.29, 1.82) is 0 Å². The topological polar surface area (TPSA) is 52.6 Å². The number of rotatable bonds is 14. The van der Waals surface area contributed by atoms with Crippen LogP contribution in [-0.2, 0) is 9.47 Å². The molecule has 0 N–H and O–H groups in total. The van der Waals surface area contributed by atoms with E-state index in [0.29, 0.717) is 45.6 Å². The first-order valence-corrected chi connectivity index (χ1v) is 29.0. The fraction of sp³-hybridized carbons (Fsp3) is 0.871. The van der Waals surface area contributed by atoms with Gasteiger partial charge in [0.2, 0.25) is 0 Å². The van der Waals surface area contributed by atoms with E-state index in [0.717, 1.165) is 84.9 Å². The maximum atomic E-state index is 14.7. The van der Waals surface area contributed by atoms with Gasteiger partial charge < -0.3 is 9.47 Å². The highest BCUT2D eigenvalue weighted by Gasteiger charge is 2.65. The third-order valence-electron chi connectivity index (χ3n) is 23.6. The second kappa shape index (κ2) is 19.4. The van der Waals surface area contributed by atoms with Crippen molar-refractivity contribution >= 4 is 11.9 Å². The first kappa shape index (κ1) is 49.2. The quantitative estimate of drug-likeness (QED) is 0.175. The maximum absolute atomic E-state index is 14.7. The van der Waals surface area contributed by atoms with Crippen LogP contribution in [0.3, 0.4) is 0 Å². The van der Waals surface area contributed by atoms with Crippen molar-refractivity contribution in [2.75, 3.05) is 0 Å². The summed E-state index contributed by atoms with van der Waals surface area (Å²) in [6.45, 7) is 25.1. The third kappa shape index (κ3) is 8.52. The minimum atomic E-state index is -0.306. The monoisotopic (exact) mass is 907 g/mol. The van der Waals surface area contributed by atoms with Crippen molar-refractivity contribution in [3.05, 3.63) is 35.4 Å². The van der Waals surface area contributed by atoms with Crippen molar-refractivity contribution in [2.45, 2.75) is 236 Å². The zero-order valence-electron chi connectivity index (χ0n) is 44.2. The Morgan fingerprint density at radius 3 is 1.30 bits per heavy atom. The Hall–Kier alpha value is -1.84. The summed E-state index contributed by atoms with van der Waals surface area (Å²) < 4.78 is 13.8. The molecule has 4 nitrogen and oxygen atoms in total. The van der Waals surface area contributed by atoms with Crippen molar-refractivity contribution in [2.24, 2.45) is 105 Å². The standard InChI is InChI=1S/C62H98O4/c1-39(2)17-13-19-41(5)49-31-33-51-47-29-27-43-21-15-25-55(61(43,9)53(47)35-37-59(49,51)7)65-57(63)45-23-11-12-24-46(45)58(64)66-56-26-16-22-44-28-30-48-52-34-32-50(42(6)20-14-18-40(3)4)60(52,8)38-36-54(48)62(44,56)10/h11-12,23-24,39-44,47-56H,13-22,25-38H2,1-10H3/t41-,42-,43+,44+,47+,48+,49-,50-,51-,52-,53-,54-,55?,56?,59+,60+,61-,62-/m0/s1. The molecule has 0 bridgehead atoms. The highest BCUT2D eigenvalue weighted by Crippen LogP contribution is 2.70. The molecular formula is C62H98O4. The normalized spacial score (nSPS) is 43.7. The van der Waals surface area contributed by atoms with E-state index in [2.05, 4.69) is 69.2 Å². The molecule has 370 valence electrons. The van der Waals surface area contributed by atoms with Crippen LogP contribution in [0, 0.1) is 105 Å². The Labute approximate surface area is 404 Å². The highest BCUT2D eigenvalue weighted by atomic mass is 16.6. The lowest BCUT2D eigenvalue weighted by Crippen LogP contribution is -2.58. The zero-order valence-corrected chi connectivity index (χ0v) is 44.2. The van der Waals surface area contributed by atoms with Gasteiger partial charge in [0, 0.05) is 10.8 Å². The summed E-state index contributed by atoms with van der Waals surface area (Å²) in [6, 6.07) is 7.53. The van der Waals surface area contributed by atoms with Gasteiger partial charge >= 0.3 is 11.9 Å². The highest BCUT2D eigenvalue weighted by molar-refractivity contribution is 6.03. The maximum Gasteiger partial charge on any atom is 0.339 e. The average Bonchev–Trinajstić information content (AvgIpc) is 3.83. The van der Waals surface area contributed by atoms with Crippen LogP contribution < -0.4 is 0 Å².